The molecule has 1 heterocycles. The number of rotatable bonds is 4. The third-order valence-electron chi connectivity index (χ3n) is 3.10. The molecule has 1 unspecified atom stereocenters. The van der Waals surface area contributed by atoms with Gasteiger partial charge < -0.3 is 10.8 Å². The van der Waals surface area contributed by atoms with E-state index in [1.54, 1.807) is 18.2 Å². The summed E-state index contributed by atoms with van der Waals surface area (Å²) in [5, 5.41) is 15.2. The number of nitrogen functional groups attached to an aromatic ring is 1. The first-order valence-corrected chi connectivity index (χ1v) is 6.65. The van der Waals surface area contributed by atoms with Crippen LogP contribution in [-0.2, 0) is 13.0 Å². The van der Waals surface area contributed by atoms with E-state index in [-0.39, 0.29) is 0 Å². The molecule has 2 rings (SSSR count). The van der Waals surface area contributed by atoms with Crippen LogP contribution in [0.25, 0.3) is 0 Å². The highest BCUT2D eigenvalue weighted by Crippen LogP contribution is 2.26. The van der Waals surface area contributed by atoms with E-state index in [1.807, 2.05) is 24.6 Å². The van der Waals surface area contributed by atoms with Gasteiger partial charge in [-0.25, -0.2) is 0 Å². The van der Waals surface area contributed by atoms with Gasteiger partial charge >= 0.3 is 0 Å². The number of hydrogen-bond donors (Lipinski definition) is 2. The van der Waals surface area contributed by atoms with Crippen LogP contribution >= 0.6 is 11.6 Å². The molecular weight excluding hydrogens is 262 g/mol. The van der Waals surface area contributed by atoms with Crippen molar-refractivity contribution in [1.82, 2.24) is 9.78 Å². The van der Waals surface area contributed by atoms with E-state index in [0.717, 1.165) is 17.9 Å². The van der Waals surface area contributed by atoms with E-state index >= 15 is 0 Å². The maximum absolute atomic E-state index is 10.3. The van der Waals surface area contributed by atoms with Crippen molar-refractivity contribution in [3.05, 3.63) is 46.2 Å². The van der Waals surface area contributed by atoms with Crippen molar-refractivity contribution in [2.24, 2.45) is 0 Å². The number of aliphatic hydroxyl groups excluding tert-OH is 1. The minimum Gasteiger partial charge on any atom is -0.398 e. The fourth-order valence-electron chi connectivity index (χ4n) is 2.19. The highest BCUT2D eigenvalue weighted by molar-refractivity contribution is 6.30. The predicted molar refractivity (Wildman–Crippen MR) is 77.2 cm³/mol. The van der Waals surface area contributed by atoms with E-state index in [4.69, 9.17) is 17.3 Å². The standard InChI is InChI=1S/C14H18ClN3O/c1-3-18-11(6-9(2)17-18)8-14(19)12-5-4-10(15)7-13(12)16/h4-7,14,19H,3,8,16H2,1-2H3. The van der Waals surface area contributed by atoms with Crippen LogP contribution in [0.3, 0.4) is 0 Å². The van der Waals surface area contributed by atoms with Gasteiger partial charge in [0, 0.05) is 34.9 Å². The molecule has 0 aliphatic heterocycles. The van der Waals surface area contributed by atoms with E-state index in [0.29, 0.717) is 22.7 Å². The van der Waals surface area contributed by atoms with E-state index in [1.165, 1.54) is 0 Å². The summed E-state index contributed by atoms with van der Waals surface area (Å²) in [5.41, 5.74) is 9.05. The number of hydrogen-bond acceptors (Lipinski definition) is 3. The zero-order chi connectivity index (χ0) is 14.0. The normalized spacial score (nSPS) is 12.6. The fraction of sp³-hybridized carbons (Fsp3) is 0.357. The molecule has 19 heavy (non-hydrogen) atoms. The highest BCUT2D eigenvalue weighted by Gasteiger charge is 2.15. The van der Waals surface area contributed by atoms with Crippen LogP contribution in [0.1, 0.15) is 30.0 Å². The SMILES string of the molecule is CCn1nc(C)cc1CC(O)c1ccc(Cl)cc1N. The Morgan fingerprint density at radius 3 is 2.79 bits per heavy atom. The van der Waals surface area contributed by atoms with Gasteiger partial charge in [0.2, 0.25) is 0 Å². The molecule has 0 saturated carbocycles. The molecule has 3 N–H and O–H groups in total. The first kappa shape index (κ1) is 13.9. The van der Waals surface area contributed by atoms with Gasteiger partial charge in [0.1, 0.15) is 0 Å². The summed E-state index contributed by atoms with van der Waals surface area (Å²) in [6.45, 7) is 4.75. The average Bonchev–Trinajstić information content (AvgIpc) is 2.69. The Morgan fingerprint density at radius 2 is 2.16 bits per heavy atom. The summed E-state index contributed by atoms with van der Waals surface area (Å²) < 4.78 is 1.89. The van der Waals surface area contributed by atoms with E-state index in [2.05, 4.69) is 5.10 Å². The second-order valence-corrected chi connectivity index (χ2v) is 5.02. The van der Waals surface area contributed by atoms with Crippen LogP contribution in [0.2, 0.25) is 5.02 Å². The minimum absolute atomic E-state index is 0.487. The van der Waals surface area contributed by atoms with Crippen molar-refractivity contribution in [2.75, 3.05) is 5.73 Å². The largest absolute Gasteiger partial charge is 0.398 e. The summed E-state index contributed by atoms with van der Waals surface area (Å²) in [6, 6.07) is 7.14. The molecule has 1 atom stereocenters. The average molecular weight is 280 g/mol. The summed E-state index contributed by atoms with van der Waals surface area (Å²) in [4.78, 5) is 0. The number of nitrogens with zero attached hydrogens (tertiary/aromatic N) is 2. The van der Waals surface area contributed by atoms with Crippen molar-refractivity contribution < 1.29 is 5.11 Å². The quantitative estimate of drug-likeness (QED) is 0.846. The summed E-state index contributed by atoms with van der Waals surface area (Å²) >= 11 is 5.86. The van der Waals surface area contributed by atoms with Crippen LogP contribution in [0.5, 0.6) is 0 Å². The number of benzene rings is 1. The Morgan fingerprint density at radius 1 is 1.42 bits per heavy atom. The Hall–Kier alpha value is -1.52. The van der Waals surface area contributed by atoms with Crippen LogP contribution in [0, 0.1) is 6.92 Å². The van der Waals surface area contributed by atoms with Crippen LogP contribution < -0.4 is 5.73 Å². The smallest absolute Gasteiger partial charge is 0.0865 e. The molecule has 0 aliphatic carbocycles. The lowest BCUT2D eigenvalue weighted by atomic mass is 10.0. The van der Waals surface area contributed by atoms with Crippen molar-refractivity contribution in [2.45, 2.75) is 32.9 Å². The van der Waals surface area contributed by atoms with Crippen molar-refractivity contribution in [1.29, 1.82) is 0 Å². The fourth-order valence-corrected chi connectivity index (χ4v) is 2.37. The molecule has 1 aromatic heterocycles. The monoisotopic (exact) mass is 279 g/mol. The van der Waals surface area contributed by atoms with Gasteiger partial charge in [0.05, 0.1) is 11.8 Å². The van der Waals surface area contributed by atoms with Gasteiger partial charge in [-0.05, 0) is 32.0 Å². The Kier molecular flexibility index (Phi) is 4.12. The molecule has 0 saturated heterocycles. The van der Waals surface area contributed by atoms with Crippen molar-refractivity contribution in [3.8, 4) is 0 Å². The van der Waals surface area contributed by atoms with Gasteiger partial charge in [-0.2, -0.15) is 5.10 Å². The summed E-state index contributed by atoms with van der Waals surface area (Å²) in [6.07, 6.45) is -0.167. The second kappa shape index (κ2) is 5.63. The molecule has 0 radical (unpaired) electrons. The molecule has 0 amide bonds. The molecule has 0 fully saturated rings. The number of nitrogens with two attached hydrogens (primary N) is 1. The van der Waals surface area contributed by atoms with Gasteiger partial charge in [-0.1, -0.05) is 17.7 Å². The summed E-state index contributed by atoms with van der Waals surface area (Å²) in [7, 11) is 0. The Balaban J connectivity index is 2.22. The number of aliphatic hydroxyl groups is 1. The van der Waals surface area contributed by atoms with Crippen molar-refractivity contribution >= 4 is 17.3 Å². The summed E-state index contributed by atoms with van der Waals surface area (Å²) in [5.74, 6) is 0. The lowest BCUT2D eigenvalue weighted by molar-refractivity contribution is 0.176. The lowest BCUT2D eigenvalue weighted by Gasteiger charge is -2.14. The molecule has 0 spiro atoms. The predicted octanol–water partition coefficient (Wildman–Crippen LogP) is 2.72. The van der Waals surface area contributed by atoms with E-state index in [9.17, 15) is 5.11 Å². The highest BCUT2D eigenvalue weighted by atomic mass is 35.5. The first-order valence-electron chi connectivity index (χ1n) is 6.27. The molecule has 0 bridgehead atoms. The molecule has 0 aliphatic rings. The van der Waals surface area contributed by atoms with Crippen LogP contribution in [0.4, 0.5) is 5.69 Å². The third-order valence-corrected chi connectivity index (χ3v) is 3.33. The Labute approximate surface area is 117 Å². The van der Waals surface area contributed by atoms with Gasteiger partial charge in [0.15, 0.2) is 0 Å². The second-order valence-electron chi connectivity index (χ2n) is 4.59. The van der Waals surface area contributed by atoms with Gasteiger partial charge in [-0.3, -0.25) is 4.68 Å². The number of aryl methyl sites for hydroxylation is 2. The van der Waals surface area contributed by atoms with Crippen LogP contribution in [-0.4, -0.2) is 14.9 Å². The molecule has 1 aromatic carbocycles. The maximum Gasteiger partial charge on any atom is 0.0865 e. The number of aromatic nitrogens is 2. The molecule has 4 nitrogen and oxygen atoms in total. The van der Waals surface area contributed by atoms with E-state index < -0.39 is 6.10 Å². The minimum atomic E-state index is -0.654. The van der Waals surface area contributed by atoms with Gasteiger partial charge in [-0.15, -0.1) is 0 Å². The number of halogens is 1. The lowest BCUT2D eigenvalue weighted by Crippen LogP contribution is -2.10. The molecule has 5 heteroatoms. The van der Waals surface area contributed by atoms with Crippen LogP contribution in [0.15, 0.2) is 24.3 Å². The Bertz CT molecular complexity index is 580. The maximum atomic E-state index is 10.3. The zero-order valence-electron chi connectivity index (χ0n) is 11.1. The first-order chi connectivity index (χ1) is 9.01. The molecule has 102 valence electrons. The number of anilines is 1. The molecular formula is C14H18ClN3O. The van der Waals surface area contributed by atoms with Crippen molar-refractivity contribution in [3.63, 3.8) is 0 Å². The topological polar surface area (TPSA) is 64.1 Å². The third kappa shape index (κ3) is 3.08. The zero-order valence-corrected chi connectivity index (χ0v) is 11.9. The molecule has 2 aromatic rings. The van der Waals surface area contributed by atoms with Gasteiger partial charge in [0.25, 0.3) is 0 Å².